The van der Waals surface area contributed by atoms with Crippen molar-refractivity contribution in [3.05, 3.63) is 82.4 Å². The van der Waals surface area contributed by atoms with E-state index in [1.807, 2.05) is 18.2 Å². The minimum Gasteiger partial charge on any atom is -0.495 e. The van der Waals surface area contributed by atoms with Gasteiger partial charge < -0.3 is 24.1 Å². The lowest BCUT2D eigenvalue weighted by Crippen LogP contribution is -1.95. The van der Waals surface area contributed by atoms with Crippen LogP contribution in [0, 0.1) is 23.7 Å². The maximum absolute atomic E-state index is 11.0. The van der Waals surface area contributed by atoms with Gasteiger partial charge in [0, 0.05) is 17.2 Å². The van der Waals surface area contributed by atoms with Crippen molar-refractivity contribution >= 4 is 5.97 Å². The second kappa shape index (κ2) is 9.07. The molecule has 4 rings (SSSR count). The number of fused-ring (bicyclic) bond motifs is 1. The molecule has 0 aliphatic carbocycles. The van der Waals surface area contributed by atoms with Gasteiger partial charge in [-0.1, -0.05) is 23.7 Å². The van der Waals surface area contributed by atoms with Crippen LogP contribution in [-0.4, -0.2) is 32.1 Å². The monoisotopic (exact) mass is 426 g/mol. The van der Waals surface area contributed by atoms with Gasteiger partial charge in [-0.2, -0.15) is 0 Å². The predicted octanol–water partition coefficient (Wildman–Crippen LogP) is 3.93. The molecule has 0 aromatic heterocycles. The molecule has 1 N–H and O–H groups in total. The summed E-state index contributed by atoms with van der Waals surface area (Å²) in [6.45, 7) is 0.208. The summed E-state index contributed by atoms with van der Waals surface area (Å²) in [7, 11) is 3.12. The molecule has 0 radical (unpaired) electrons. The number of carboxylic acid groups (broad SMARTS) is 1. The van der Waals surface area contributed by atoms with Crippen molar-refractivity contribution in [2.75, 3.05) is 21.0 Å². The molecule has 1 heterocycles. The van der Waals surface area contributed by atoms with E-state index in [1.165, 1.54) is 12.1 Å². The van der Waals surface area contributed by atoms with Gasteiger partial charge in [0.25, 0.3) is 0 Å². The molecule has 1 aliphatic rings. The van der Waals surface area contributed by atoms with Crippen molar-refractivity contribution in [3.8, 4) is 46.7 Å². The maximum Gasteiger partial charge on any atom is 0.335 e. The topological polar surface area (TPSA) is 74.2 Å². The van der Waals surface area contributed by atoms with Crippen LogP contribution in [0.2, 0.25) is 0 Å². The van der Waals surface area contributed by atoms with Crippen LogP contribution in [0.15, 0.2) is 54.6 Å². The highest BCUT2D eigenvalue weighted by atomic mass is 16.7. The Morgan fingerprint density at radius 2 is 1.38 bits per heavy atom. The molecule has 3 aromatic carbocycles. The lowest BCUT2D eigenvalue weighted by atomic mass is 10.1. The molecule has 0 saturated heterocycles. The van der Waals surface area contributed by atoms with E-state index in [9.17, 15) is 4.79 Å². The van der Waals surface area contributed by atoms with Crippen LogP contribution in [0.25, 0.3) is 0 Å². The van der Waals surface area contributed by atoms with E-state index in [0.717, 1.165) is 5.56 Å². The Bertz CT molecular complexity index is 1300. The van der Waals surface area contributed by atoms with E-state index in [1.54, 1.807) is 38.5 Å². The molecule has 0 unspecified atom stereocenters. The van der Waals surface area contributed by atoms with Crippen LogP contribution in [0.4, 0.5) is 0 Å². The van der Waals surface area contributed by atoms with Crippen molar-refractivity contribution in [1.82, 2.24) is 0 Å². The molecule has 6 heteroatoms. The first kappa shape index (κ1) is 20.7. The number of carboxylic acids is 1. The van der Waals surface area contributed by atoms with Crippen LogP contribution in [0.1, 0.15) is 32.6 Å². The van der Waals surface area contributed by atoms with Crippen molar-refractivity contribution in [2.45, 2.75) is 0 Å². The van der Waals surface area contributed by atoms with Gasteiger partial charge >= 0.3 is 5.97 Å². The molecule has 0 amide bonds. The summed E-state index contributed by atoms with van der Waals surface area (Å²) in [5, 5.41) is 9.02. The van der Waals surface area contributed by atoms with E-state index in [0.29, 0.717) is 39.7 Å². The standard InChI is InChI=1S/C26H18O6/c1-29-23-15-24(30-2)21(11-6-18-7-12-22-25(13-18)32-16-31-22)14-20(23)10-5-17-3-8-19(9-4-17)26(27)28/h3-4,7-9,12-15H,16H2,1-2H3,(H,27,28). The fourth-order valence-corrected chi connectivity index (χ4v) is 3.04. The van der Waals surface area contributed by atoms with Crippen molar-refractivity contribution < 1.29 is 28.8 Å². The average molecular weight is 426 g/mol. The predicted molar refractivity (Wildman–Crippen MR) is 117 cm³/mol. The number of aromatic carboxylic acids is 1. The largest absolute Gasteiger partial charge is 0.495 e. The molecule has 1 aliphatic heterocycles. The van der Waals surface area contributed by atoms with Crippen LogP contribution in [0.3, 0.4) is 0 Å². The molecule has 6 nitrogen and oxygen atoms in total. The Morgan fingerprint density at radius 1 is 0.781 bits per heavy atom. The molecule has 0 atom stereocenters. The van der Waals surface area contributed by atoms with E-state index >= 15 is 0 Å². The molecular weight excluding hydrogens is 408 g/mol. The quantitative estimate of drug-likeness (QED) is 0.640. The first-order valence-corrected chi connectivity index (χ1v) is 9.60. The maximum atomic E-state index is 11.0. The Balaban J connectivity index is 1.67. The smallest absolute Gasteiger partial charge is 0.335 e. The first-order chi connectivity index (χ1) is 15.6. The average Bonchev–Trinajstić information content (AvgIpc) is 3.29. The van der Waals surface area contributed by atoms with Gasteiger partial charge in [0.1, 0.15) is 11.5 Å². The molecule has 32 heavy (non-hydrogen) atoms. The summed E-state index contributed by atoms with van der Waals surface area (Å²) in [6, 6.07) is 15.4. The SMILES string of the molecule is COc1cc(OC)c(C#Cc2ccc3c(c2)OCO3)cc1C#Cc1ccc(C(=O)O)cc1. The van der Waals surface area contributed by atoms with Gasteiger partial charge in [-0.3, -0.25) is 0 Å². The fourth-order valence-electron chi connectivity index (χ4n) is 3.04. The summed E-state index contributed by atoms with van der Waals surface area (Å²) in [5.74, 6) is 13.8. The number of hydrogen-bond donors (Lipinski definition) is 1. The molecule has 3 aromatic rings. The Morgan fingerprint density at radius 3 is 2.00 bits per heavy atom. The second-order valence-corrected chi connectivity index (χ2v) is 6.70. The summed E-state index contributed by atoms with van der Waals surface area (Å²) in [6.07, 6.45) is 0. The van der Waals surface area contributed by atoms with Gasteiger partial charge in [0.05, 0.1) is 30.9 Å². The number of rotatable bonds is 3. The second-order valence-electron chi connectivity index (χ2n) is 6.70. The van der Waals surface area contributed by atoms with Gasteiger partial charge in [0.15, 0.2) is 11.5 Å². The van der Waals surface area contributed by atoms with Gasteiger partial charge in [0.2, 0.25) is 6.79 Å². The lowest BCUT2D eigenvalue weighted by molar-refractivity contribution is 0.0697. The fraction of sp³-hybridized carbons (Fsp3) is 0.115. The number of methoxy groups -OCH3 is 2. The summed E-state index contributed by atoms with van der Waals surface area (Å²) in [5.41, 5.74) is 2.94. The summed E-state index contributed by atoms with van der Waals surface area (Å²) in [4.78, 5) is 11.0. The minimum atomic E-state index is -0.980. The molecule has 158 valence electrons. The Kier molecular flexibility index (Phi) is 5.87. The van der Waals surface area contributed by atoms with Gasteiger partial charge in [-0.05, 0) is 48.5 Å². The number of ether oxygens (including phenoxy) is 4. The van der Waals surface area contributed by atoms with Crippen LogP contribution in [0.5, 0.6) is 23.0 Å². The zero-order valence-corrected chi connectivity index (χ0v) is 17.4. The van der Waals surface area contributed by atoms with E-state index in [2.05, 4.69) is 23.7 Å². The van der Waals surface area contributed by atoms with Crippen LogP contribution < -0.4 is 18.9 Å². The van der Waals surface area contributed by atoms with Crippen LogP contribution >= 0.6 is 0 Å². The highest BCUT2D eigenvalue weighted by molar-refractivity contribution is 5.87. The molecule has 0 saturated carbocycles. The Labute approximate surface area is 185 Å². The third-order valence-corrected chi connectivity index (χ3v) is 4.71. The molecular formula is C26H18O6. The summed E-state index contributed by atoms with van der Waals surface area (Å²) >= 11 is 0. The third kappa shape index (κ3) is 4.45. The third-order valence-electron chi connectivity index (χ3n) is 4.71. The number of benzene rings is 3. The van der Waals surface area contributed by atoms with Gasteiger partial charge in [-0.25, -0.2) is 4.79 Å². The first-order valence-electron chi connectivity index (χ1n) is 9.60. The molecule has 0 bridgehead atoms. The van der Waals surface area contributed by atoms with E-state index in [4.69, 9.17) is 24.1 Å². The normalized spacial score (nSPS) is 10.9. The lowest BCUT2D eigenvalue weighted by Gasteiger charge is -2.09. The molecule has 0 fully saturated rings. The summed E-state index contributed by atoms with van der Waals surface area (Å²) < 4.78 is 21.7. The number of hydrogen-bond acceptors (Lipinski definition) is 5. The number of carbonyl (C=O) groups is 1. The van der Waals surface area contributed by atoms with Crippen LogP contribution in [-0.2, 0) is 0 Å². The van der Waals surface area contributed by atoms with Gasteiger partial charge in [-0.15, -0.1) is 0 Å². The van der Waals surface area contributed by atoms with E-state index in [-0.39, 0.29) is 12.4 Å². The Hall–Kier alpha value is -4.55. The minimum absolute atomic E-state index is 0.207. The van der Waals surface area contributed by atoms with E-state index < -0.39 is 5.97 Å². The van der Waals surface area contributed by atoms with Crippen molar-refractivity contribution in [1.29, 1.82) is 0 Å². The van der Waals surface area contributed by atoms with Crippen molar-refractivity contribution in [3.63, 3.8) is 0 Å². The van der Waals surface area contributed by atoms with Crippen molar-refractivity contribution in [2.24, 2.45) is 0 Å². The zero-order valence-electron chi connectivity index (χ0n) is 17.4. The molecule has 0 spiro atoms. The highest BCUT2D eigenvalue weighted by Gasteiger charge is 2.13. The highest BCUT2D eigenvalue weighted by Crippen LogP contribution is 2.32. The zero-order chi connectivity index (χ0) is 22.5.